The van der Waals surface area contributed by atoms with Gasteiger partial charge < -0.3 is 20.1 Å². The smallest absolute Gasteiger partial charge is 0.171 e. The van der Waals surface area contributed by atoms with Gasteiger partial charge in [-0.2, -0.15) is 0 Å². The standard InChI is InChI=1S/C16H17BrN2O2S/c1-20-14-7-6-11(8-15(14)21-2)10-18-16(22)19-13-5-3-4-12(17)9-13/h3-9H,10H2,1-2H3,(H2,18,19,22). The molecule has 0 saturated heterocycles. The third-order valence-electron chi connectivity index (χ3n) is 2.98. The Labute approximate surface area is 144 Å². The quantitative estimate of drug-likeness (QED) is 0.768. The molecule has 0 aliphatic heterocycles. The molecule has 6 heteroatoms. The molecular formula is C16H17BrN2O2S. The van der Waals surface area contributed by atoms with E-state index < -0.39 is 0 Å². The number of ether oxygens (including phenoxy) is 2. The normalized spacial score (nSPS) is 9.95. The fraction of sp³-hybridized carbons (Fsp3) is 0.188. The first-order valence-corrected chi connectivity index (χ1v) is 7.84. The number of benzene rings is 2. The van der Waals surface area contributed by atoms with Crippen LogP contribution in [0.25, 0.3) is 0 Å². The van der Waals surface area contributed by atoms with E-state index >= 15 is 0 Å². The molecule has 0 aliphatic carbocycles. The first-order chi connectivity index (χ1) is 10.6. The molecule has 2 rings (SSSR count). The molecule has 0 amide bonds. The van der Waals surface area contributed by atoms with Crippen LogP contribution in [0, 0.1) is 0 Å². The minimum Gasteiger partial charge on any atom is -0.493 e. The van der Waals surface area contributed by atoms with Crippen molar-refractivity contribution in [3.05, 3.63) is 52.5 Å². The summed E-state index contributed by atoms with van der Waals surface area (Å²) in [7, 11) is 3.24. The maximum Gasteiger partial charge on any atom is 0.171 e. The molecule has 4 nitrogen and oxygen atoms in total. The second-order valence-corrected chi connectivity index (χ2v) is 5.83. The maximum atomic E-state index is 5.29. The lowest BCUT2D eigenvalue weighted by atomic mass is 10.2. The SMILES string of the molecule is COc1ccc(CNC(=S)Nc2cccc(Br)c2)cc1OC. The summed E-state index contributed by atoms with van der Waals surface area (Å²) in [6, 6.07) is 13.6. The van der Waals surface area contributed by atoms with Crippen molar-refractivity contribution in [1.82, 2.24) is 5.32 Å². The lowest BCUT2D eigenvalue weighted by Crippen LogP contribution is -2.27. The van der Waals surface area contributed by atoms with E-state index in [0.717, 1.165) is 15.7 Å². The van der Waals surface area contributed by atoms with Crippen LogP contribution < -0.4 is 20.1 Å². The Balaban J connectivity index is 1.93. The van der Waals surface area contributed by atoms with Crippen LogP contribution in [0.3, 0.4) is 0 Å². The highest BCUT2D eigenvalue weighted by atomic mass is 79.9. The van der Waals surface area contributed by atoms with E-state index in [1.165, 1.54) is 0 Å². The van der Waals surface area contributed by atoms with E-state index in [0.29, 0.717) is 23.2 Å². The molecule has 0 aliphatic rings. The molecule has 0 saturated carbocycles. The van der Waals surface area contributed by atoms with Crippen molar-refractivity contribution in [3.8, 4) is 11.5 Å². The number of anilines is 1. The Kier molecular flexibility index (Phi) is 6.03. The lowest BCUT2D eigenvalue weighted by Gasteiger charge is -2.12. The summed E-state index contributed by atoms with van der Waals surface area (Å²) in [5.74, 6) is 1.41. The van der Waals surface area contributed by atoms with Crippen molar-refractivity contribution in [1.29, 1.82) is 0 Å². The summed E-state index contributed by atoms with van der Waals surface area (Å²) in [5.41, 5.74) is 1.98. The second-order valence-electron chi connectivity index (χ2n) is 4.51. The van der Waals surface area contributed by atoms with E-state index in [2.05, 4.69) is 26.6 Å². The zero-order valence-corrected chi connectivity index (χ0v) is 14.8. The van der Waals surface area contributed by atoms with Crippen LogP contribution in [-0.4, -0.2) is 19.3 Å². The average molecular weight is 381 g/mol. The van der Waals surface area contributed by atoms with Crippen LogP contribution in [0.4, 0.5) is 5.69 Å². The van der Waals surface area contributed by atoms with Crippen molar-refractivity contribution < 1.29 is 9.47 Å². The lowest BCUT2D eigenvalue weighted by molar-refractivity contribution is 0.354. The molecule has 22 heavy (non-hydrogen) atoms. The van der Waals surface area contributed by atoms with Crippen LogP contribution in [0.15, 0.2) is 46.9 Å². The summed E-state index contributed by atoms with van der Waals surface area (Å²) in [6.07, 6.45) is 0. The Morgan fingerprint density at radius 2 is 1.86 bits per heavy atom. The molecule has 0 unspecified atom stereocenters. The fourth-order valence-corrected chi connectivity index (χ4v) is 2.50. The highest BCUT2D eigenvalue weighted by Crippen LogP contribution is 2.27. The van der Waals surface area contributed by atoms with Crippen LogP contribution in [0.1, 0.15) is 5.56 Å². The van der Waals surface area contributed by atoms with Gasteiger partial charge >= 0.3 is 0 Å². The van der Waals surface area contributed by atoms with Crippen molar-refractivity contribution in [2.45, 2.75) is 6.54 Å². The van der Waals surface area contributed by atoms with Gasteiger partial charge in [0.15, 0.2) is 16.6 Å². The van der Waals surface area contributed by atoms with Crippen molar-refractivity contribution in [2.24, 2.45) is 0 Å². The van der Waals surface area contributed by atoms with Crippen molar-refractivity contribution in [2.75, 3.05) is 19.5 Å². The number of halogens is 1. The predicted molar refractivity (Wildman–Crippen MR) is 96.7 cm³/mol. The van der Waals surface area contributed by atoms with Gasteiger partial charge in [-0.1, -0.05) is 28.1 Å². The summed E-state index contributed by atoms with van der Waals surface area (Å²) in [6.45, 7) is 0.597. The zero-order valence-electron chi connectivity index (χ0n) is 12.4. The van der Waals surface area contributed by atoms with Crippen molar-refractivity contribution >= 4 is 38.9 Å². The Bertz CT molecular complexity index is 664. The fourth-order valence-electron chi connectivity index (χ4n) is 1.91. The largest absolute Gasteiger partial charge is 0.493 e. The van der Waals surface area contributed by atoms with E-state index in [1.54, 1.807) is 14.2 Å². The van der Waals surface area contributed by atoms with Gasteiger partial charge in [-0.05, 0) is 48.1 Å². The minimum absolute atomic E-state index is 0.563. The molecule has 2 aromatic carbocycles. The number of thiocarbonyl (C=S) groups is 1. The Morgan fingerprint density at radius 3 is 2.55 bits per heavy atom. The van der Waals surface area contributed by atoms with E-state index in [4.69, 9.17) is 21.7 Å². The number of hydrogen-bond donors (Lipinski definition) is 2. The monoisotopic (exact) mass is 380 g/mol. The minimum atomic E-state index is 0.563. The third-order valence-corrected chi connectivity index (χ3v) is 3.72. The number of hydrogen-bond acceptors (Lipinski definition) is 3. The van der Waals surface area contributed by atoms with Gasteiger partial charge in [0.25, 0.3) is 0 Å². The summed E-state index contributed by atoms with van der Waals surface area (Å²) in [4.78, 5) is 0. The topological polar surface area (TPSA) is 42.5 Å². The van der Waals surface area contributed by atoms with Gasteiger partial charge in [-0.3, -0.25) is 0 Å². The first-order valence-electron chi connectivity index (χ1n) is 6.63. The summed E-state index contributed by atoms with van der Waals surface area (Å²) >= 11 is 8.72. The van der Waals surface area contributed by atoms with Gasteiger partial charge in [0.2, 0.25) is 0 Å². The molecule has 0 fully saturated rings. The average Bonchev–Trinajstić information content (AvgIpc) is 2.52. The Morgan fingerprint density at radius 1 is 1.09 bits per heavy atom. The summed E-state index contributed by atoms with van der Waals surface area (Å²) < 4.78 is 11.5. The Hall–Kier alpha value is -1.79. The number of methoxy groups -OCH3 is 2. The number of rotatable bonds is 5. The molecule has 0 atom stereocenters. The van der Waals surface area contributed by atoms with E-state index in [1.807, 2.05) is 42.5 Å². The molecule has 116 valence electrons. The second kappa shape index (κ2) is 8.00. The van der Waals surface area contributed by atoms with Crippen molar-refractivity contribution in [3.63, 3.8) is 0 Å². The van der Waals surface area contributed by atoms with Gasteiger partial charge in [0.05, 0.1) is 14.2 Å². The number of nitrogens with one attached hydrogen (secondary N) is 2. The van der Waals surface area contributed by atoms with E-state index in [-0.39, 0.29) is 0 Å². The molecular weight excluding hydrogens is 364 g/mol. The maximum absolute atomic E-state index is 5.29. The first kappa shape index (κ1) is 16.6. The molecule has 2 N–H and O–H groups in total. The molecule has 0 bridgehead atoms. The van der Waals surface area contributed by atoms with Crippen LogP contribution in [0.5, 0.6) is 11.5 Å². The van der Waals surface area contributed by atoms with Gasteiger partial charge in [-0.25, -0.2) is 0 Å². The third kappa shape index (κ3) is 4.61. The van der Waals surface area contributed by atoms with Gasteiger partial charge in [0, 0.05) is 16.7 Å². The molecule has 0 heterocycles. The molecule has 0 spiro atoms. The molecule has 0 aromatic heterocycles. The van der Waals surface area contributed by atoms with Crippen LogP contribution >= 0.6 is 28.1 Å². The van der Waals surface area contributed by atoms with Crippen LogP contribution in [-0.2, 0) is 6.54 Å². The highest BCUT2D eigenvalue weighted by Gasteiger charge is 2.05. The van der Waals surface area contributed by atoms with Gasteiger partial charge in [0.1, 0.15) is 0 Å². The van der Waals surface area contributed by atoms with Crippen LogP contribution in [0.2, 0.25) is 0 Å². The zero-order chi connectivity index (χ0) is 15.9. The highest BCUT2D eigenvalue weighted by molar-refractivity contribution is 9.10. The predicted octanol–water partition coefficient (Wildman–Crippen LogP) is 3.95. The molecule has 0 radical (unpaired) electrons. The summed E-state index contributed by atoms with van der Waals surface area (Å²) in [5, 5.41) is 6.87. The molecule has 2 aromatic rings. The van der Waals surface area contributed by atoms with E-state index in [9.17, 15) is 0 Å². The van der Waals surface area contributed by atoms with Gasteiger partial charge in [-0.15, -0.1) is 0 Å².